The second kappa shape index (κ2) is 11.0. The third kappa shape index (κ3) is 6.05. The fourth-order valence-electron chi connectivity index (χ4n) is 3.97. The van der Waals surface area contributed by atoms with Crippen LogP contribution in [0.25, 0.3) is 0 Å². The minimum atomic E-state index is -0.391. The number of carbonyl (C=O) groups excluding carboxylic acids is 3. The summed E-state index contributed by atoms with van der Waals surface area (Å²) < 4.78 is 0. The Kier molecular flexibility index (Phi) is 7.64. The molecule has 1 aliphatic heterocycles. The molecule has 0 radical (unpaired) electrons. The van der Waals surface area contributed by atoms with Crippen LogP contribution in [0.2, 0.25) is 0 Å². The number of hydrogen-bond donors (Lipinski definition) is 2. The molecule has 1 saturated heterocycles. The number of piperidine rings is 1. The van der Waals surface area contributed by atoms with Crippen molar-refractivity contribution in [2.75, 3.05) is 18.4 Å². The molecule has 0 aliphatic carbocycles. The molecule has 0 saturated carbocycles. The first-order chi connectivity index (χ1) is 16.5. The van der Waals surface area contributed by atoms with Crippen molar-refractivity contribution < 1.29 is 14.4 Å². The fraction of sp³-hybridized carbons (Fsp3) is 0.320. The zero-order chi connectivity index (χ0) is 23.9. The van der Waals surface area contributed by atoms with Crippen LogP contribution in [0.15, 0.2) is 60.7 Å². The van der Waals surface area contributed by atoms with Gasteiger partial charge in [-0.25, -0.2) is 0 Å². The number of para-hydroxylation sites is 1. The van der Waals surface area contributed by atoms with Crippen molar-refractivity contribution in [1.29, 1.82) is 0 Å². The van der Waals surface area contributed by atoms with E-state index < -0.39 is 5.91 Å². The molecule has 2 heterocycles. The van der Waals surface area contributed by atoms with E-state index in [1.807, 2.05) is 55.5 Å². The highest BCUT2D eigenvalue weighted by Gasteiger charge is 2.28. The summed E-state index contributed by atoms with van der Waals surface area (Å²) >= 11 is 0.989. The van der Waals surface area contributed by atoms with Crippen LogP contribution in [-0.4, -0.2) is 45.9 Å². The van der Waals surface area contributed by atoms with Crippen molar-refractivity contribution in [2.45, 2.75) is 32.2 Å². The number of rotatable bonds is 7. The third-order valence-corrected chi connectivity index (χ3v) is 6.80. The van der Waals surface area contributed by atoms with Crippen LogP contribution in [0.1, 0.15) is 57.4 Å². The molecule has 0 bridgehead atoms. The van der Waals surface area contributed by atoms with Crippen molar-refractivity contribution in [1.82, 2.24) is 20.4 Å². The Labute approximate surface area is 202 Å². The molecule has 1 aliphatic rings. The van der Waals surface area contributed by atoms with E-state index in [0.29, 0.717) is 25.2 Å². The molecule has 3 amide bonds. The van der Waals surface area contributed by atoms with Gasteiger partial charge in [0.15, 0.2) is 0 Å². The number of nitrogens with one attached hydrogen (secondary N) is 2. The van der Waals surface area contributed by atoms with Gasteiger partial charge in [-0.15, -0.1) is 10.2 Å². The van der Waals surface area contributed by atoms with Gasteiger partial charge >= 0.3 is 0 Å². The van der Waals surface area contributed by atoms with Crippen LogP contribution >= 0.6 is 11.3 Å². The van der Waals surface area contributed by atoms with Crippen LogP contribution < -0.4 is 10.6 Å². The number of hydrogen-bond acceptors (Lipinski definition) is 6. The average Bonchev–Trinajstić information content (AvgIpc) is 3.36. The summed E-state index contributed by atoms with van der Waals surface area (Å²) in [6.07, 6.45) is 1.94. The van der Waals surface area contributed by atoms with Crippen molar-refractivity contribution in [3.63, 3.8) is 0 Å². The van der Waals surface area contributed by atoms with Gasteiger partial charge in [0.2, 0.25) is 15.9 Å². The maximum absolute atomic E-state index is 12.8. The summed E-state index contributed by atoms with van der Waals surface area (Å²) in [6.45, 7) is 3.08. The minimum Gasteiger partial charge on any atom is -0.350 e. The SMILES string of the molecule is CC(NC(=O)CC1CCN(C(=O)c2nnc(C(=O)Nc3ccccc3)s2)CC1)c1ccccc1. The molecule has 0 spiro atoms. The summed E-state index contributed by atoms with van der Waals surface area (Å²) in [5.74, 6) is -0.359. The molecule has 1 atom stereocenters. The van der Waals surface area contributed by atoms with Gasteiger partial charge in [-0.05, 0) is 43.4 Å². The Morgan fingerprint density at radius 2 is 1.59 bits per heavy atom. The van der Waals surface area contributed by atoms with E-state index >= 15 is 0 Å². The van der Waals surface area contributed by atoms with E-state index in [1.165, 1.54) is 0 Å². The van der Waals surface area contributed by atoms with E-state index in [4.69, 9.17) is 0 Å². The molecule has 34 heavy (non-hydrogen) atoms. The topological polar surface area (TPSA) is 104 Å². The number of aromatic nitrogens is 2. The largest absolute Gasteiger partial charge is 0.350 e. The highest BCUT2D eigenvalue weighted by molar-refractivity contribution is 7.15. The second-order valence-electron chi connectivity index (χ2n) is 8.37. The molecule has 3 aromatic rings. The van der Waals surface area contributed by atoms with Gasteiger partial charge < -0.3 is 15.5 Å². The zero-order valence-electron chi connectivity index (χ0n) is 18.9. The molecular weight excluding hydrogens is 450 g/mol. The van der Waals surface area contributed by atoms with E-state index in [-0.39, 0.29) is 33.8 Å². The van der Waals surface area contributed by atoms with E-state index in [2.05, 4.69) is 20.8 Å². The molecular formula is C25H27N5O3S. The van der Waals surface area contributed by atoms with E-state index in [9.17, 15) is 14.4 Å². The highest BCUT2D eigenvalue weighted by Crippen LogP contribution is 2.24. The number of amides is 3. The first-order valence-corrected chi connectivity index (χ1v) is 12.1. The van der Waals surface area contributed by atoms with Crippen LogP contribution in [0.3, 0.4) is 0 Å². The van der Waals surface area contributed by atoms with Gasteiger partial charge in [0, 0.05) is 25.2 Å². The van der Waals surface area contributed by atoms with E-state index in [1.54, 1.807) is 17.0 Å². The maximum atomic E-state index is 12.8. The smallest absolute Gasteiger partial charge is 0.286 e. The molecule has 176 valence electrons. The number of anilines is 1. The number of nitrogens with zero attached hydrogens (tertiary/aromatic N) is 3. The Morgan fingerprint density at radius 3 is 2.26 bits per heavy atom. The lowest BCUT2D eigenvalue weighted by Gasteiger charge is -2.31. The molecule has 4 rings (SSSR count). The monoisotopic (exact) mass is 477 g/mol. The van der Waals surface area contributed by atoms with Crippen LogP contribution in [0.4, 0.5) is 5.69 Å². The normalized spacial score (nSPS) is 14.9. The molecule has 1 unspecified atom stereocenters. The van der Waals surface area contributed by atoms with Gasteiger partial charge in [-0.2, -0.15) is 0 Å². The van der Waals surface area contributed by atoms with Gasteiger partial charge in [0.05, 0.1) is 6.04 Å². The Bertz CT molecular complexity index is 1130. The molecule has 2 aromatic carbocycles. The molecule has 1 aromatic heterocycles. The minimum absolute atomic E-state index is 0.0272. The van der Waals surface area contributed by atoms with Crippen molar-refractivity contribution in [3.8, 4) is 0 Å². The summed E-state index contributed by atoms with van der Waals surface area (Å²) in [7, 11) is 0. The molecule has 8 nitrogen and oxygen atoms in total. The number of carbonyl (C=O) groups is 3. The van der Waals surface area contributed by atoms with Crippen molar-refractivity contribution in [3.05, 3.63) is 76.2 Å². The standard InChI is InChI=1S/C25H27N5O3S/c1-17(19-8-4-2-5-9-19)26-21(31)16-18-12-14-30(15-13-18)25(33)24-29-28-23(34-24)22(32)27-20-10-6-3-7-11-20/h2-11,17-18H,12-16H2,1H3,(H,26,31)(H,27,32). The van der Waals surface area contributed by atoms with Crippen LogP contribution in [0.5, 0.6) is 0 Å². The lowest BCUT2D eigenvalue weighted by Crippen LogP contribution is -2.39. The second-order valence-corrected chi connectivity index (χ2v) is 9.35. The predicted octanol–water partition coefficient (Wildman–Crippen LogP) is 3.91. The van der Waals surface area contributed by atoms with Crippen LogP contribution in [0, 0.1) is 5.92 Å². The summed E-state index contributed by atoms with van der Waals surface area (Å²) in [6, 6.07) is 18.9. The summed E-state index contributed by atoms with van der Waals surface area (Å²) in [5.41, 5.74) is 1.73. The van der Waals surface area contributed by atoms with Gasteiger partial charge in [0.1, 0.15) is 0 Å². The Balaban J connectivity index is 1.24. The molecule has 2 N–H and O–H groups in total. The summed E-state index contributed by atoms with van der Waals surface area (Å²) in [4.78, 5) is 39.4. The molecule has 1 fully saturated rings. The zero-order valence-corrected chi connectivity index (χ0v) is 19.8. The average molecular weight is 478 g/mol. The number of likely N-dealkylation sites (tertiary alicyclic amines) is 1. The van der Waals surface area contributed by atoms with Crippen molar-refractivity contribution >= 4 is 34.7 Å². The Morgan fingerprint density at radius 1 is 0.971 bits per heavy atom. The quantitative estimate of drug-likeness (QED) is 0.537. The highest BCUT2D eigenvalue weighted by atomic mass is 32.1. The summed E-state index contributed by atoms with van der Waals surface area (Å²) in [5, 5.41) is 14.0. The van der Waals surface area contributed by atoms with Gasteiger partial charge in [-0.3, -0.25) is 14.4 Å². The predicted molar refractivity (Wildman–Crippen MR) is 131 cm³/mol. The first kappa shape index (κ1) is 23.6. The number of benzene rings is 2. The van der Waals surface area contributed by atoms with Gasteiger partial charge in [-0.1, -0.05) is 59.9 Å². The lowest BCUT2D eigenvalue weighted by molar-refractivity contribution is -0.122. The molecule has 9 heteroatoms. The van der Waals surface area contributed by atoms with Crippen LogP contribution in [-0.2, 0) is 4.79 Å². The Hall–Kier alpha value is -3.59. The first-order valence-electron chi connectivity index (χ1n) is 11.3. The van der Waals surface area contributed by atoms with E-state index in [0.717, 1.165) is 29.7 Å². The lowest BCUT2D eigenvalue weighted by atomic mass is 9.93. The van der Waals surface area contributed by atoms with Gasteiger partial charge in [0.25, 0.3) is 11.8 Å². The third-order valence-electron chi connectivity index (χ3n) is 5.89. The fourth-order valence-corrected chi connectivity index (χ4v) is 4.68. The maximum Gasteiger partial charge on any atom is 0.286 e. The van der Waals surface area contributed by atoms with Crippen molar-refractivity contribution in [2.24, 2.45) is 5.92 Å².